The van der Waals surface area contributed by atoms with Crippen LogP contribution in [-0.2, 0) is 9.47 Å². The number of carbonyl (C=O) groups excluding carboxylic acids is 1. The van der Waals surface area contributed by atoms with Gasteiger partial charge in [-0.05, 0) is 38.8 Å². The van der Waals surface area contributed by atoms with Gasteiger partial charge in [0.15, 0.2) is 0 Å². The van der Waals surface area contributed by atoms with Crippen LogP contribution in [0.5, 0.6) is 0 Å². The summed E-state index contributed by atoms with van der Waals surface area (Å²) in [5.74, 6) is -1.06. The third-order valence-electron chi connectivity index (χ3n) is 3.36. The molecule has 1 N–H and O–H groups in total. The molecule has 1 atom stereocenters. The lowest BCUT2D eigenvalue weighted by Gasteiger charge is -2.31. The Morgan fingerprint density at radius 3 is 2.78 bits per heavy atom. The van der Waals surface area contributed by atoms with Crippen molar-refractivity contribution < 1.29 is 24.2 Å². The molecule has 2 heterocycles. The van der Waals surface area contributed by atoms with Gasteiger partial charge in [-0.2, -0.15) is 0 Å². The second-order valence-electron chi connectivity index (χ2n) is 6.43. The molecule has 126 valence electrons. The zero-order valence-corrected chi connectivity index (χ0v) is 13.6. The fraction of sp³-hybridized carbons (Fsp3) is 0.562. The van der Waals surface area contributed by atoms with Gasteiger partial charge in [-0.3, -0.25) is 9.88 Å². The Morgan fingerprint density at radius 1 is 1.39 bits per heavy atom. The smallest absolute Gasteiger partial charge is 0.410 e. The number of rotatable bonds is 2. The van der Waals surface area contributed by atoms with Crippen LogP contribution in [0.3, 0.4) is 0 Å². The number of amides is 1. The minimum atomic E-state index is -1.06. The summed E-state index contributed by atoms with van der Waals surface area (Å²) in [5, 5.41) is 9.11. The van der Waals surface area contributed by atoms with E-state index >= 15 is 0 Å². The standard InChI is InChI=1S/C16H22N2O5/c1-16(2,3)23-15(21)18-5-4-6-22-10-13(18)11-7-12(14(19)20)9-17-8-11/h7-9,13H,4-6,10H2,1-3H3,(H,19,20). The summed E-state index contributed by atoms with van der Waals surface area (Å²) < 4.78 is 11.0. The summed E-state index contributed by atoms with van der Waals surface area (Å²) >= 11 is 0. The van der Waals surface area contributed by atoms with E-state index in [0.29, 0.717) is 25.1 Å². The van der Waals surface area contributed by atoms with Crippen molar-refractivity contribution in [1.82, 2.24) is 9.88 Å². The van der Waals surface area contributed by atoms with Crippen molar-refractivity contribution in [3.63, 3.8) is 0 Å². The molecule has 0 aromatic carbocycles. The Kier molecular flexibility index (Phi) is 5.20. The van der Waals surface area contributed by atoms with Gasteiger partial charge in [0.05, 0.1) is 18.2 Å². The number of aromatic nitrogens is 1. The monoisotopic (exact) mass is 322 g/mol. The molecule has 1 aromatic rings. The molecule has 0 aliphatic carbocycles. The van der Waals surface area contributed by atoms with E-state index in [1.807, 2.05) is 0 Å². The van der Waals surface area contributed by atoms with E-state index < -0.39 is 23.7 Å². The Bertz CT molecular complexity index is 582. The average molecular weight is 322 g/mol. The second kappa shape index (κ2) is 6.95. The first kappa shape index (κ1) is 17.2. The van der Waals surface area contributed by atoms with Crippen molar-refractivity contribution >= 4 is 12.1 Å². The predicted molar refractivity (Wildman–Crippen MR) is 82.3 cm³/mol. The molecule has 1 aromatic heterocycles. The number of carboxylic acid groups (broad SMARTS) is 1. The van der Waals surface area contributed by atoms with Crippen LogP contribution in [0.1, 0.15) is 49.2 Å². The Labute approximate surface area is 135 Å². The molecule has 0 spiro atoms. The summed E-state index contributed by atoms with van der Waals surface area (Å²) in [4.78, 5) is 29.2. The number of hydrogen-bond acceptors (Lipinski definition) is 5. The van der Waals surface area contributed by atoms with Crippen molar-refractivity contribution in [3.05, 3.63) is 29.6 Å². The topological polar surface area (TPSA) is 89.0 Å². The molecule has 1 unspecified atom stereocenters. The van der Waals surface area contributed by atoms with Crippen LogP contribution < -0.4 is 0 Å². The lowest BCUT2D eigenvalue weighted by atomic mass is 10.1. The molecule has 7 heteroatoms. The van der Waals surface area contributed by atoms with Crippen LogP contribution in [0.4, 0.5) is 4.79 Å². The number of carbonyl (C=O) groups is 2. The van der Waals surface area contributed by atoms with Crippen LogP contribution in [0.25, 0.3) is 0 Å². The first-order chi connectivity index (χ1) is 10.8. The van der Waals surface area contributed by atoms with Gasteiger partial charge in [-0.15, -0.1) is 0 Å². The molecular formula is C16H22N2O5. The van der Waals surface area contributed by atoms with Crippen LogP contribution in [0.2, 0.25) is 0 Å². The molecule has 7 nitrogen and oxygen atoms in total. The SMILES string of the molecule is CC(C)(C)OC(=O)N1CCCOCC1c1cncc(C(=O)O)c1. The Hall–Kier alpha value is -2.15. The zero-order chi connectivity index (χ0) is 17.0. The van der Waals surface area contributed by atoms with E-state index in [2.05, 4.69) is 4.98 Å². The summed E-state index contributed by atoms with van der Waals surface area (Å²) in [6, 6.07) is 1.10. The van der Waals surface area contributed by atoms with E-state index in [4.69, 9.17) is 14.6 Å². The average Bonchev–Trinajstić information content (AvgIpc) is 2.71. The van der Waals surface area contributed by atoms with E-state index in [1.54, 1.807) is 31.9 Å². The second-order valence-corrected chi connectivity index (χ2v) is 6.43. The quantitative estimate of drug-likeness (QED) is 0.900. The molecule has 0 saturated carbocycles. The largest absolute Gasteiger partial charge is 0.478 e. The van der Waals surface area contributed by atoms with Gasteiger partial charge in [0, 0.05) is 25.5 Å². The minimum Gasteiger partial charge on any atom is -0.478 e. The summed E-state index contributed by atoms with van der Waals surface area (Å²) in [6.07, 6.45) is 3.10. The minimum absolute atomic E-state index is 0.0795. The molecule has 1 aliphatic rings. The molecule has 0 radical (unpaired) electrons. The van der Waals surface area contributed by atoms with E-state index in [1.165, 1.54) is 12.3 Å². The van der Waals surface area contributed by atoms with Gasteiger partial charge in [0.2, 0.25) is 0 Å². The summed E-state index contributed by atoms with van der Waals surface area (Å²) in [6.45, 7) is 6.73. The lowest BCUT2D eigenvalue weighted by molar-refractivity contribution is 0.0118. The van der Waals surface area contributed by atoms with Crippen LogP contribution in [0.15, 0.2) is 18.5 Å². The summed E-state index contributed by atoms with van der Waals surface area (Å²) in [5.41, 5.74) is 0.101. The van der Waals surface area contributed by atoms with Crippen LogP contribution in [0, 0.1) is 0 Å². The molecular weight excluding hydrogens is 300 g/mol. The molecule has 0 bridgehead atoms. The first-order valence-corrected chi connectivity index (χ1v) is 7.53. The lowest BCUT2D eigenvalue weighted by Crippen LogP contribution is -2.40. The number of aromatic carboxylic acids is 1. The van der Waals surface area contributed by atoms with Crippen LogP contribution in [-0.4, -0.2) is 52.4 Å². The molecule has 1 saturated heterocycles. The molecule has 1 amide bonds. The van der Waals surface area contributed by atoms with Crippen LogP contribution >= 0.6 is 0 Å². The maximum atomic E-state index is 12.5. The zero-order valence-electron chi connectivity index (χ0n) is 13.6. The Morgan fingerprint density at radius 2 is 2.13 bits per heavy atom. The third-order valence-corrected chi connectivity index (χ3v) is 3.36. The number of ether oxygens (including phenoxy) is 2. The number of pyridine rings is 1. The normalized spacial score (nSPS) is 19.1. The highest BCUT2D eigenvalue weighted by molar-refractivity contribution is 5.87. The fourth-order valence-corrected chi connectivity index (χ4v) is 2.35. The van der Waals surface area contributed by atoms with Crippen molar-refractivity contribution in [2.24, 2.45) is 0 Å². The molecule has 2 rings (SSSR count). The Balaban J connectivity index is 2.29. The molecule has 1 fully saturated rings. The van der Waals surface area contributed by atoms with Crippen molar-refractivity contribution in [2.75, 3.05) is 19.8 Å². The number of nitrogens with zero attached hydrogens (tertiary/aromatic N) is 2. The number of carboxylic acids is 1. The van der Waals surface area contributed by atoms with Crippen molar-refractivity contribution in [2.45, 2.75) is 38.8 Å². The van der Waals surface area contributed by atoms with Crippen molar-refractivity contribution in [1.29, 1.82) is 0 Å². The highest BCUT2D eigenvalue weighted by Crippen LogP contribution is 2.26. The van der Waals surface area contributed by atoms with Crippen molar-refractivity contribution in [3.8, 4) is 0 Å². The van der Waals surface area contributed by atoms with E-state index in [0.717, 1.165) is 0 Å². The molecule has 23 heavy (non-hydrogen) atoms. The van der Waals surface area contributed by atoms with Gasteiger partial charge in [-0.1, -0.05) is 0 Å². The van der Waals surface area contributed by atoms with Gasteiger partial charge < -0.3 is 14.6 Å². The maximum absolute atomic E-state index is 12.5. The maximum Gasteiger partial charge on any atom is 0.410 e. The van der Waals surface area contributed by atoms with E-state index in [9.17, 15) is 9.59 Å². The van der Waals surface area contributed by atoms with Gasteiger partial charge in [-0.25, -0.2) is 9.59 Å². The highest BCUT2D eigenvalue weighted by atomic mass is 16.6. The number of hydrogen-bond donors (Lipinski definition) is 1. The predicted octanol–water partition coefficient (Wildman–Crippen LogP) is 2.48. The van der Waals surface area contributed by atoms with Gasteiger partial charge >= 0.3 is 12.1 Å². The first-order valence-electron chi connectivity index (χ1n) is 7.53. The van der Waals surface area contributed by atoms with E-state index in [-0.39, 0.29) is 12.2 Å². The van der Waals surface area contributed by atoms with Gasteiger partial charge in [0.25, 0.3) is 0 Å². The summed E-state index contributed by atoms with van der Waals surface area (Å²) in [7, 11) is 0. The highest BCUT2D eigenvalue weighted by Gasteiger charge is 2.31. The molecule has 1 aliphatic heterocycles. The fourth-order valence-electron chi connectivity index (χ4n) is 2.35. The van der Waals surface area contributed by atoms with Gasteiger partial charge in [0.1, 0.15) is 5.60 Å². The third kappa shape index (κ3) is 4.66.